The van der Waals surface area contributed by atoms with Crippen LogP contribution in [0.15, 0.2) is 36.8 Å². The van der Waals surface area contributed by atoms with Gasteiger partial charge in [-0.15, -0.1) is 0 Å². The lowest BCUT2D eigenvalue weighted by molar-refractivity contribution is 0.313. The molecule has 0 amide bonds. The lowest BCUT2D eigenvalue weighted by Gasteiger charge is -2.25. The van der Waals surface area contributed by atoms with Gasteiger partial charge in [-0.2, -0.15) is 5.10 Å². The molecule has 8 heteroatoms. The Morgan fingerprint density at radius 3 is 2.94 bits per heavy atom. The zero-order chi connectivity index (χ0) is 20.9. The average Bonchev–Trinajstić information content (AvgIpc) is 3.39. The number of hydrogen-bond donors (Lipinski definition) is 2. The predicted molar refractivity (Wildman–Crippen MR) is 121 cm³/mol. The molecule has 2 aliphatic rings. The van der Waals surface area contributed by atoms with Crippen molar-refractivity contribution in [3.05, 3.63) is 59.0 Å². The maximum atomic E-state index is 6.28. The molecule has 0 bridgehead atoms. The number of likely N-dealkylation sites (N-methyl/N-ethyl adjacent to an activating group) is 1. The summed E-state index contributed by atoms with van der Waals surface area (Å²) in [5.41, 5.74) is 14.0. The van der Waals surface area contributed by atoms with Crippen LogP contribution in [0, 0.1) is 0 Å². The Hall–Kier alpha value is -3.52. The fourth-order valence-electron chi connectivity index (χ4n) is 4.67. The Labute approximate surface area is 180 Å². The Morgan fingerprint density at radius 2 is 2.00 bits per heavy atom. The van der Waals surface area contributed by atoms with E-state index < -0.39 is 0 Å². The van der Waals surface area contributed by atoms with Crippen molar-refractivity contribution in [1.82, 2.24) is 29.6 Å². The second-order valence-electron chi connectivity index (χ2n) is 8.46. The number of rotatable bonds is 3. The van der Waals surface area contributed by atoms with Crippen LogP contribution in [0.4, 0.5) is 11.6 Å². The lowest BCUT2D eigenvalue weighted by atomic mass is 9.97. The molecule has 156 valence electrons. The molecular formula is C23H24N8. The zero-order valence-electron chi connectivity index (χ0n) is 17.5. The first-order valence-electron chi connectivity index (χ1n) is 10.6. The van der Waals surface area contributed by atoms with Gasteiger partial charge in [0.2, 0.25) is 0 Å². The molecule has 0 fully saturated rings. The van der Waals surface area contributed by atoms with Gasteiger partial charge in [0.05, 0.1) is 11.9 Å². The molecule has 0 saturated carbocycles. The van der Waals surface area contributed by atoms with Gasteiger partial charge in [0.15, 0.2) is 5.65 Å². The van der Waals surface area contributed by atoms with Crippen molar-refractivity contribution in [2.45, 2.75) is 25.9 Å². The summed E-state index contributed by atoms with van der Waals surface area (Å²) in [6, 6.07) is 8.89. The quantitative estimate of drug-likeness (QED) is 0.533. The molecule has 3 aromatic heterocycles. The minimum atomic E-state index is 0.443. The number of pyridine rings is 1. The standard InChI is InChI=1S/C23H24N8/c1-30-7-5-15-8-14(2-3-17(15)12-30)11-31-23-19(21(24)27-13-28-23)20(29-31)18-9-16-4-6-25-22(16)26-10-18/h2-3,8-10,13H,4-7,11-12H2,1H3,(H,25,26)(H2,24,27,28). The van der Waals surface area contributed by atoms with Gasteiger partial charge in [-0.3, -0.25) is 0 Å². The molecule has 4 aromatic rings. The van der Waals surface area contributed by atoms with Crippen LogP contribution in [-0.4, -0.2) is 49.8 Å². The van der Waals surface area contributed by atoms with E-state index in [0.717, 1.165) is 60.6 Å². The summed E-state index contributed by atoms with van der Waals surface area (Å²) in [5, 5.41) is 9.02. The van der Waals surface area contributed by atoms with E-state index in [2.05, 4.69) is 56.5 Å². The van der Waals surface area contributed by atoms with Crippen LogP contribution in [0.3, 0.4) is 0 Å². The summed E-state index contributed by atoms with van der Waals surface area (Å²) < 4.78 is 1.94. The van der Waals surface area contributed by atoms with E-state index in [4.69, 9.17) is 10.8 Å². The lowest BCUT2D eigenvalue weighted by Crippen LogP contribution is -2.26. The molecule has 5 heterocycles. The maximum absolute atomic E-state index is 6.28. The van der Waals surface area contributed by atoms with E-state index in [1.54, 1.807) is 0 Å². The third kappa shape index (κ3) is 3.11. The minimum absolute atomic E-state index is 0.443. The van der Waals surface area contributed by atoms with Crippen LogP contribution in [0.2, 0.25) is 0 Å². The van der Waals surface area contributed by atoms with E-state index in [-0.39, 0.29) is 0 Å². The molecule has 0 aliphatic carbocycles. The first kappa shape index (κ1) is 18.3. The SMILES string of the molecule is CN1CCc2cc(Cn3nc(-c4cnc5c(c4)CCN5)c4c(N)ncnc43)ccc2C1. The van der Waals surface area contributed by atoms with Crippen molar-refractivity contribution < 1.29 is 0 Å². The highest BCUT2D eigenvalue weighted by Gasteiger charge is 2.20. The second kappa shape index (κ2) is 7.02. The summed E-state index contributed by atoms with van der Waals surface area (Å²) in [4.78, 5) is 15.7. The highest BCUT2D eigenvalue weighted by atomic mass is 15.3. The Kier molecular flexibility index (Phi) is 4.14. The number of nitrogens with one attached hydrogen (secondary N) is 1. The number of nitrogens with zero attached hydrogens (tertiary/aromatic N) is 6. The third-order valence-electron chi connectivity index (χ3n) is 6.29. The van der Waals surface area contributed by atoms with Crippen molar-refractivity contribution >= 4 is 22.7 Å². The van der Waals surface area contributed by atoms with Gasteiger partial charge in [-0.25, -0.2) is 19.6 Å². The monoisotopic (exact) mass is 412 g/mol. The molecule has 0 radical (unpaired) electrons. The number of aromatic nitrogens is 5. The molecule has 1 aromatic carbocycles. The van der Waals surface area contributed by atoms with Crippen molar-refractivity contribution in [2.24, 2.45) is 0 Å². The number of nitrogen functional groups attached to an aromatic ring is 1. The molecule has 31 heavy (non-hydrogen) atoms. The topological polar surface area (TPSA) is 97.8 Å². The molecule has 0 atom stereocenters. The Bertz CT molecular complexity index is 1310. The minimum Gasteiger partial charge on any atom is -0.383 e. The van der Waals surface area contributed by atoms with Crippen LogP contribution in [0.1, 0.15) is 22.3 Å². The van der Waals surface area contributed by atoms with E-state index in [1.807, 2.05) is 10.9 Å². The molecule has 0 unspecified atom stereocenters. The summed E-state index contributed by atoms with van der Waals surface area (Å²) >= 11 is 0. The Balaban J connectivity index is 1.43. The van der Waals surface area contributed by atoms with Crippen molar-refractivity contribution in [3.63, 3.8) is 0 Å². The van der Waals surface area contributed by atoms with Gasteiger partial charge < -0.3 is 16.0 Å². The maximum Gasteiger partial charge on any atom is 0.164 e. The second-order valence-corrected chi connectivity index (χ2v) is 8.46. The van der Waals surface area contributed by atoms with E-state index in [0.29, 0.717) is 12.4 Å². The van der Waals surface area contributed by atoms with E-state index in [1.165, 1.54) is 28.6 Å². The van der Waals surface area contributed by atoms with Crippen LogP contribution in [-0.2, 0) is 25.9 Å². The van der Waals surface area contributed by atoms with Crippen molar-refractivity contribution in [3.8, 4) is 11.3 Å². The fraction of sp³-hybridized carbons (Fsp3) is 0.304. The molecule has 0 spiro atoms. The molecule has 6 rings (SSSR count). The van der Waals surface area contributed by atoms with E-state index in [9.17, 15) is 0 Å². The van der Waals surface area contributed by atoms with Gasteiger partial charge >= 0.3 is 0 Å². The number of anilines is 2. The summed E-state index contributed by atoms with van der Waals surface area (Å²) in [7, 11) is 2.17. The van der Waals surface area contributed by atoms with Crippen molar-refractivity contribution in [2.75, 3.05) is 31.2 Å². The Morgan fingerprint density at radius 1 is 1.06 bits per heavy atom. The highest BCUT2D eigenvalue weighted by Crippen LogP contribution is 2.33. The van der Waals surface area contributed by atoms with Crippen molar-refractivity contribution in [1.29, 1.82) is 0 Å². The van der Waals surface area contributed by atoms with Crippen LogP contribution in [0.25, 0.3) is 22.3 Å². The number of nitrogens with two attached hydrogens (primary N) is 1. The van der Waals surface area contributed by atoms with Gasteiger partial charge in [0, 0.05) is 31.4 Å². The molecule has 0 saturated heterocycles. The van der Waals surface area contributed by atoms with Crippen LogP contribution < -0.4 is 11.1 Å². The first-order chi connectivity index (χ1) is 15.2. The third-order valence-corrected chi connectivity index (χ3v) is 6.29. The van der Waals surface area contributed by atoms with Gasteiger partial charge in [-0.1, -0.05) is 18.2 Å². The normalized spacial score (nSPS) is 15.6. The average molecular weight is 413 g/mol. The highest BCUT2D eigenvalue weighted by molar-refractivity contribution is 5.98. The largest absolute Gasteiger partial charge is 0.383 e. The van der Waals surface area contributed by atoms with Crippen LogP contribution >= 0.6 is 0 Å². The predicted octanol–water partition coefficient (Wildman–Crippen LogP) is 2.47. The van der Waals surface area contributed by atoms with E-state index >= 15 is 0 Å². The van der Waals surface area contributed by atoms with Gasteiger partial charge in [0.25, 0.3) is 0 Å². The smallest absolute Gasteiger partial charge is 0.164 e. The summed E-state index contributed by atoms with van der Waals surface area (Å²) in [5.74, 6) is 1.40. The van der Waals surface area contributed by atoms with Crippen LogP contribution in [0.5, 0.6) is 0 Å². The zero-order valence-corrected chi connectivity index (χ0v) is 17.5. The summed E-state index contributed by atoms with van der Waals surface area (Å²) in [6.07, 6.45) is 5.40. The van der Waals surface area contributed by atoms with Gasteiger partial charge in [0.1, 0.15) is 23.7 Å². The summed E-state index contributed by atoms with van der Waals surface area (Å²) in [6.45, 7) is 3.65. The first-order valence-corrected chi connectivity index (χ1v) is 10.6. The number of hydrogen-bond acceptors (Lipinski definition) is 7. The number of benzene rings is 1. The molecule has 2 aliphatic heterocycles. The molecular weight excluding hydrogens is 388 g/mol. The number of fused-ring (bicyclic) bond motifs is 3. The molecule has 8 nitrogen and oxygen atoms in total. The van der Waals surface area contributed by atoms with Gasteiger partial charge in [-0.05, 0) is 48.2 Å². The molecule has 3 N–H and O–H groups in total. The fourth-order valence-corrected chi connectivity index (χ4v) is 4.67.